The Labute approximate surface area is 121 Å². The molecule has 0 fully saturated rings. The minimum Gasteiger partial charge on any atom is -0.388 e. The van der Waals surface area contributed by atoms with Crippen LogP contribution in [0.15, 0.2) is 6.07 Å². The Kier molecular flexibility index (Phi) is 5.90. The van der Waals surface area contributed by atoms with Gasteiger partial charge in [0.25, 0.3) is 0 Å². The average molecular weight is 301 g/mol. The van der Waals surface area contributed by atoms with Gasteiger partial charge in [0.05, 0.1) is 17.6 Å². The third kappa shape index (κ3) is 4.17. The smallest absolute Gasteiger partial charge is 0.304 e. The van der Waals surface area contributed by atoms with E-state index in [0.717, 1.165) is 24.2 Å². The van der Waals surface area contributed by atoms with Gasteiger partial charge in [0.1, 0.15) is 0 Å². The van der Waals surface area contributed by atoms with Crippen LogP contribution in [0.25, 0.3) is 0 Å². The largest absolute Gasteiger partial charge is 0.388 e. The fourth-order valence-electron chi connectivity index (χ4n) is 1.74. The lowest BCUT2D eigenvalue weighted by Crippen LogP contribution is -2.34. The van der Waals surface area contributed by atoms with E-state index in [1.165, 1.54) is 6.07 Å². The Bertz CT molecular complexity index is 487. The van der Waals surface area contributed by atoms with Gasteiger partial charge in [0.2, 0.25) is 5.91 Å². The maximum Gasteiger partial charge on any atom is 0.304 e. The number of primary amides is 1. The Morgan fingerprint density at radius 1 is 1.65 bits per heavy atom. The first-order valence-corrected chi connectivity index (χ1v) is 7.17. The molecule has 1 atom stereocenters. The minimum atomic E-state index is -0.783. The number of unbranched alkanes of at least 4 members (excludes halogenated alkanes) is 1. The maximum atomic E-state index is 11.1. The number of aliphatic hydroxyl groups is 1. The van der Waals surface area contributed by atoms with Gasteiger partial charge < -0.3 is 15.7 Å². The highest BCUT2D eigenvalue weighted by atomic mass is 32.1. The summed E-state index contributed by atoms with van der Waals surface area (Å²) in [7, 11) is 0. The molecular weight excluding hydrogens is 282 g/mol. The molecule has 0 spiro atoms. The summed E-state index contributed by atoms with van der Waals surface area (Å²) in [6.45, 7) is 3.98. The SMILES string of the molecule is CCCCN(CC(N)=O)c1sc([C@H](C)O)cc1[N+](=O)[O-]. The van der Waals surface area contributed by atoms with Crippen molar-refractivity contribution in [3.63, 3.8) is 0 Å². The van der Waals surface area contributed by atoms with Crippen molar-refractivity contribution in [2.24, 2.45) is 5.73 Å². The van der Waals surface area contributed by atoms with Crippen molar-refractivity contribution < 1.29 is 14.8 Å². The third-order valence-electron chi connectivity index (χ3n) is 2.74. The molecule has 0 aliphatic rings. The maximum absolute atomic E-state index is 11.1. The number of nitro groups is 1. The first kappa shape index (κ1) is 16.4. The van der Waals surface area contributed by atoms with E-state index in [2.05, 4.69) is 0 Å². The molecule has 1 aromatic rings. The van der Waals surface area contributed by atoms with Gasteiger partial charge in [-0.3, -0.25) is 14.9 Å². The number of aliphatic hydroxyl groups excluding tert-OH is 1. The summed E-state index contributed by atoms with van der Waals surface area (Å²) in [5, 5.41) is 21.0. The molecule has 0 saturated carbocycles. The number of rotatable bonds is 8. The number of nitrogens with zero attached hydrogens (tertiary/aromatic N) is 2. The average Bonchev–Trinajstić information content (AvgIpc) is 2.79. The summed E-state index contributed by atoms with van der Waals surface area (Å²) >= 11 is 1.12. The molecule has 1 heterocycles. The van der Waals surface area contributed by atoms with Crippen molar-refractivity contribution in [1.82, 2.24) is 0 Å². The summed E-state index contributed by atoms with van der Waals surface area (Å²) in [5.41, 5.74) is 5.11. The second kappa shape index (κ2) is 7.20. The number of hydrogen-bond donors (Lipinski definition) is 2. The number of carbonyl (C=O) groups is 1. The van der Waals surface area contributed by atoms with Crippen molar-refractivity contribution in [2.45, 2.75) is 32.8 Å². The monoisotopic (exact) mass is 301 g/mol. The summed E-state index contributed by atoms with van der Waals surface area (Å²) in [6, 6.07) is 1.35. The standard InChI is InChI=1S/C12H19N3O4S/c1-3-4-5-14(7-11(13)17)12-9(15(18)19)6-10(20-12)8(2)16/h6,8,16H,3-5,7H2,1-2H3,(H2,13,17)/t8-/m0/s1. The third-order valence-corrected chi connectivity index (χ3v) is 4.09. The highest BCUT2D eigenvalue weighted by Crippen LogP contribution is 2.40. The molecule has 3 N–H and O–H groups in total. The summed E-state index contributed by atoms with van der Waals surface area (Å²) < 4.78 is 0. The topological polar surface area (TPSA) is 110 Å². The van der Waals surface area contributed by atoms with Crippen LogP contribution in [0.4, 0.5) is 10.7 Å². The number of nitrogens with two attached hydrogens (primary N) is 1. The summed E-state index contributed by atoms with van der Waals surface area (Å²) in [6.07, 6.45) is 0.915. The highest BCUT2D eigenvalue weighted by molar-refractivity contribution is 7.16. The second-order valence-electron chi connectivity index (χ2n) is 4.51. The zero-order chi connectivity index (χ0) is 15.3. The fourth-order valence-corrected chi connectivity index (χ4v) is 2.83. The van der Waals surface area contributed by atoms with Crippen LogP contribution in [-0.2, 0) is 4.79 Å². The molecule has 8 heteroatoms. The molecule has 0 aliphatic heterocycles. The molecule has 0 saturated heterocycles. The lowest BCUT2D eigenvalue weighted by atomic mass is 10.3. The van der Waals surface area contributed by atoms with Crippen LogP contribution >= 0.6 is 11.3 Å². The van der Waals surface area contributed by atoms with E-state index in [4.69, 9.17) is 5.73 Å². The highest BCUT2D eigenvalue weighted by Gasteiger charge is 2.26. The van der Waals surface area contributed by atoms with Gasteiger partial charge in [-0.05, 0) is 13.3 Å². The zero-order valence-corrected chi connectivity index (χ0v) is 12.4. The molecule has 0 unspecified atom stereocenters. The Balaban J connectivity index is 3.15. The van der Waals surface area contributed by atoms with Crippen molar-refractivity contribution in [3.05, 3.63) is 21.1 Å². The predicted molar refractivity (Wildman–Crippen MR) is 77.9 cm³/mol. The van der Waals surface area contributed by atoms with Gasteiger partial charge in [-0.2, -0.15) is 0 Å². The van der Waals surface area contributed by atoms with Crippen LogP contribution in [0.1, 0.15) is 37.7 Å². The van der Waals surface area contributed by atoms with Gasteiger partial charge in [0, 0.05) is 17.5 Å². The first-order chi connectivity index (χ1) is 9.36. The Morgan fingerprint density at radius 3 is 2.75 bits per heavy atom. The number of amides is 1. The molecule has 1 aromatic heterocycles. The molecule has 7 nitrogen and oxygen atoms in total. The Hall–Kier alpha value is -1.67. The quantitative estimate of drug-likeness (QED) is 0.562. The molecule has 0 aliphatic carbocycles. The van der Waals surface area contributed by atoms with Gasteiger partial charge in [-0.1, -0.05) is 13.3 Å². The molecule has 20 heavy (non-hydrogen) atoms. The van der Waals surface area contributed by atoms with Crippen LogP contribution in [0.3, 0.4) is 0 Å². The van der Waals surface area contributed by atoms with E-state index in [1.54, 1.807) is 11.8 Å². The molecule has 0 bridgehead atoms. The van der Waals surface area contributed by atoms with E-state index in [1.807, 2.05) is 6.92 Å². The van der Waals surface area contributed by atoms with Crippen LogP contribution in [0.2, 0.25) is 0 Å². The van der Waals surface area contributed by atoms with Gasteiger partial charge in [-0.15, -0.1) is 11.3 Å². The normalized spacial score (nSPS) is 12.2. The second-order valence-corrected chi connectivity index (χ2v) is 5.58. The van der Waals surface area contributed by atoms with Crippen LogP contribution in [0.5, 0.6) is 0 Å². The number of hydrogen-bond acceptors (Lipinski definition) is 6. The number of anilines is 1. The van der Waals surface area contributed by atoms with Crippen molar-refractivity contribution >= 4 is 27.9 Å². The minimum absolute atomic E-state index is 0.0688. The molecular formula is C12H19N3O4S. The molecule has 1 rings (SSSR count). The van der Waals surface area contributed by atoms with Crippen LogP contribution in [0, 0.1) is 10.1 Å². The van der Waals surface area contributed by atoms with E-state index in [0.29, 0.717) is 16.4 Å². The lowest BCUT2D eigenvalue weighted by Gasteiger charge is -2.20. The van der Waals surface area contributed by atoms with Crippen molar-refractivity contribution in [3.8, 4) is 0 Å². The van der Waals surface area contributed by atoms with Crippen molar-refractivity contribution in [1.29, 1.82) is 0 Å². The van der Waals surface area contributed by atoms with Gasteiger partial charge >= 0.3 is 5.69 Å². The fraction of sp³-hybridized carbons (Fsp3) is 0.583. The Morgan fingerprint density at radius 2 is 2.30 bits per heavy atom. The molecule has 0 radical (unpaired) electrons. The number of thiophene rings is 1. The van der Waals surface area contributed by atoms with Gasteiger partial charge in [0.15, 0.2) is 5.00 Å². The van der Waals surface area contributed by atoms with E-state index in [-0.39, 0.29) is 12.2 Å². The van der Waals surface area contributed by atoms with E-state index < -0.39 is 16.9 Å². The van der Waals surface area contributed by atoms with Crippen LogP contribution in [-0.4, -0.2) is 29.0 Å². The van der Waals surface area contributed by atoms with E-state index in [9.17, 15) is 20.0 Å². The molecule has 112 valence electrons. The van der Waals surface area contributed by atoms with Gasteiger partial charge in [-0.25, -0.2) is 0 Å². The van der Waals surface area contributed by atoms with Crippen molar-refractivity contribution in [2.75, 3.05) is 18.0 Å². The number of carbonyl (C=O) groups excluding carboxylic acids is 1. The molecule has 1 amide bonds. The lowest BCUT2D eigenvalue weighted by molar-refractivity contribution is -0.383. The first-order valence-electron chi connectivity index (χ1n) is 6.36. The predicted octanol–water partition coefficient (Wildman–Crippen LogP) is 1.80. The summed E-state index contributed by atoms with van der Waals surface area (Å²) in [4.78, 5) is 23.9. The summed E-state index contributed by atoms with van der Waals surface area (Å²) in [5.74, 6) is -0.539. The zero-order valence-electron chi connectivity index (χ0n) is 11.5. The molecule has 0 aromatic carbocycles. The van der Waals surface area contributed by atoms with E-state index >= 15 is 0 Å². The van der Waals surface area contributed by atoms with Crippen LogP contribution < -0.4 is 10.6 Å².